The van der Waals surface area contributed by atoms with Crippen molar-refractivity contribution < 1.29 is 22.7 Å². The van der Waals surface area contributed by atoms with Crippen LogP contribution in [0.3, 0.4) is 0 Å². The number of sulfone groups is 1. The van der Waals surface area contributed by atoms with Crippen molar-refractivity contribution in [2.45, 2.75) is 36.7 Å². The van der Waals surface area contributed by atoms with Gasteiger partial charge in [-0.15, -0.1) is 0 Å². The Morgan fingerprint density at radius 2 is 1.63 bits per heavy atom. The Bertz CT molecular complexity index is 1300. The van der Waals surface area contributed by atoms with Crippen LogP contribution in [0, 0.1) is 0 Å². The van der Waals surface area contributed by atoms with Gasteiger partial charge in [-0.25, -0.2) is 13.2 Å². The van der Waals surface area contributed by atoms with E-state index in [1.165, 1.54) is 17.7 Å². The molecule has 0 aromatic heterocycles. The lowest BCUT2D eigenvalue weighted by Gasteiger charge is -2.20. The summed E-state index contributed by atoms with van der Waals surface area (Å²) in [5, 5.41) is 8.86. The van der Waals surface area contributed by atoms with Gasteiger partial charge in [0.25, 0.3) is 0 Å². The predicted octanol–water partition coefficient (Wildman–Crippen LogP) is 4.16. The van der Waals surface area contributed by atoms with Gasteiger partial charge in [-0.2, -0.15) is 0 Å². The molecule has 0 saturated carbocycles. The Hall–Kier alpha value is -3.56. The smallest absolute Gasteiger partial charge is 0.319 e. The van der Waals surface area contributed by atoms with E-state index < -0.39 is 21.9 Å². The summed E-state index contributed by atoms with van der Waals surface area (Å²) in [6, 6.07) is 16.5. The van der Waals surface area contributed by atoms with Crippen LogP contribution in [-0.4, -0.2) is 28.7 Å². The number of ether oxygens (including phenoxy) is 2. The number of anilines is 1. The number of benzene rings is 3. The summed E-state index contributed by atoms with van der Waals surface area (Å²) >= 11 is 0. The van der Waals surface area contributed by atoms with Crippen LogP contribution in [0.15, 0.2) is 65.6 Å². The van der Waals surface area contributed by atoms with E-state index in [0.29, 0.717) is 17.2 Å². The maximum absolute atomic E-state index is 12.9. The molecule has 0 radical (unpaired) electrons. The molecule has 184 valence electrons. The third-order valence-electron chi connectivity index (χ3n) is 5.98. The summed E-state index contributed by atoms with van der Waals surface area (Å²) in [5.74, 6) is 1.13. The van der Waals surface area contributed by atoms with Gasteiger partial charge >= 0.3 is 6.03 Å². The Morgan fingerprint density at radius 3 is 2.29 bits per heavy atom. The number of hydrogen-bond acceptors (Lipinski definition) is 6. The van der Waals surface area contributed by atoms with Gasteiger partial charge in [-0.05, 0) is 60.0 Å². The zero-order chi connectivity index (χ0) is 25.0. The molecular formula is C26H29N3O5S. The molecule has 3 aromatic rings. The first-order chi connectivity index (χ1) is 16.8. The summed E-state index contributed by atoms with van der Waals surface area (Å²) in [5.41, 5.74) is 4.30. The third-order valence-corrected chi connectivity index (χ3v) is 7.68. The van der Waals surface area contributed by atoms with Crippen molar-refractivity contribution in [1.29, 1.82) is 0 Å². The zero-order valence-corrected chi connectivity index (χ0v) is 20.7. The van der Waals surface area contributed by atoms with Crippen LogP contribution in [0.2, 0.25) is 0 Å². The lowest BCUT2D eigenvalue weighted by atomic mass is 10.1. The fourth-order valence-corrected chi connectivity index (χ4v) is 5.56. The van der Waals surface area contributed by atoms with Crippen LogP contribution in [0.25, 0.3) is 0 Å². The van der Waals surface area contributed by atoms with E-state index in [1.807, 2.05) is 31.2 Å². The van der Waals surface area contributed by atoms with E-state index in [2.05, 4.69) is 16.0 Å². The lowest BCUT2D eigenvalue weighted by Crippen LogP contribution is -2.31. The molecule has 0 bridgehead atoms. The molecule has 1 aliphatic heterocycles. The van der Waals surface area contributed by atoms with Crippen molar-refractivity contribution in [1.82, 2.24) is 10.6 Å². The molecular weight excluding hydrogens is 466 g/mol. The molecule has 3 N–H and O–H groups in total. The number of carbonyl (C=O) groups is 1. The van der Waals surface area contributed by atoms with Crippen LogP contribution >= 0.6 is 0 Å². The highest BCUT2D eigenvalue weighted by Gasteiger charge is 2.20. The normalized spacial score (nSPS) is 13.6. The molecule has 1 heterocycles. The Labute approximate surface area is 205 Å². The van der Waals surface area contributed by atoms with Gasteiger partial charge in [0.1, 0.15) is 11.5 Å². The highest BCUT2D eigenvalue weighted by Crippen LogP contribution is 2.33. The van der Waals surface area contributed by atoms with Crippen LogP contribution < -0.4 is 25.4 Å². The van der Waals surface area contributed by atoms with E-state index in [0.717, 1.165) is 29.8 Å². The summed E-state index contributed by atoms with van der Waals surface area (Å²) in [7, 11) is -0.407. The average molecular weight is 496 g/mol. The van der Waals surface area contributed by atoms with Crippen molar-refractivity contribution in [3.63, 3.8) is 0 Å². The minimum Gasteiger partial charge on any atom is -0.496 e. The van der Waals surface area contributed by atoms with Gasteiger partial charge in [0.15, 0.2) is 9.84 Å². The van der Waals surface area contributed by atoms with Crippen LogP contribution in [0.4, 0.5) is 10.5 Å². The Balaban J connectivity index is 1.40. The van der Waals surface area contributed by atoms with Crippen LogP contribution in [0.1, 0.15) is 35.2 Å². The number of methoxy groups -OCH3 is 2. The highest BCUT2D eigenvalue weighted by molar-refractivity contribution is 7.90. The number of hydrogen-bond donors (Lipinski definition) is 3. The lowest BCUT2D eigenvalue weighted by molar-refractivity contribution is 0.249. The molecule has 0 saturated heterocycles. The number of rotatable bonds is 8. The minimum absolute atomic E-state index is 0.0776. The molecule has 1 aliphatic rings. The number of nitrogens with one attached hydrogen (secondary N) is 3. The second-order valence-corrected chi connectivity index (χ2v) is 10.4. The zero-order valence-electron chi connectivity index (χ0n) is 19.9. The second-order valence-electron chi connectivity index (χ2n) is 8.39. The van der Waals surface area contributed by atoms with Crippen LogP contribution in [-0.2, 0) is 28.7 Å². The molecule has 35 heavy (non-hydrogen) atoms. The number of urea groups is 1. The SMILES string of the molecule is COc1cccc(OC)c1C(C)NC(=O)Nc1ccc(S(=O)(=O)Cc2ccc3c(c2)CNC3)cc1. The topological polar surface area (TPSA) is 106 Å². The van der Waals surface area contributed by atoms with Crippen molar-refractivity contribution in [3.8, 4) is 11.5 Å². The molecule has 0 spiro atoms. The number of amides is 2. The van der Waals surface area contributed by atoms with E-state index >= 15 is 0 Å². The standard InChI is InChI=1S/C26H29N3O5S/c1-17(25-23(33-2)5-4-6-24(25)34-3)28-26(30)29-21-9-11-22(12-10-21)35(31,32)16-18-7-8-19-14-27-15-20(19)13-18/h4-13,17,27H,14-16H2,1-3H3,(H2,28,29,30). The average Bonchev–Trinajstić information content (AvgIpc) is 3.31. The van der Waals surface area contributed by atoms with Gasteiger partial charge in [-0.1, -0.05) is 24.3 Å². The van der Waals surface area contributed by atoms with E-state index in [1.54, 1.807) is 38.5 Å². The van der Waals surface area contributed by atoms with E-state index in [-0.39, 0.29) is 10.6 Å². The maximum atomic E-state index is 12.9. The monoisotopic (exact) mass is 495 g/mol. The minimum atomic E-state index is -3.52. The van der Waals surface area contributed by atoms with Gasteiger partial charge in [0, 0.05) is 18.8 Å². The fraction of sp³-hybridized carbons (Fsp3) is 0.269. The van der Waals surface area contributed by atoms with E-state index in [9.17, 15) is 13.2 Å². The third kappa shape index (κ3) is 5.58. The largest absolute Gasteiger partial charge is 0.496 e. The number of carbonyl (C=O) groups excluding carboxylic acids is 1. The molecule has 0 fully saturated rings. The maximum Gasteiger partial charge on any atom is 0.319 e. The number of fused-ring (bicyclic) bond motifs is 1. The molecule has 3 aromatic carbocycles. The Kier molecular flexibility index (Phi) is 7.28. The van der Waals surface area contributed by atoms with Crippen molar-refractivity contribution >= 4 is 21.6 Å². The van der Waals surface area contributed by atoms with Gasteiger partial charge in [-0.3, -0.25) is 0 Å². The molecule has 4 rings (SSSR count). The molecule has 9 heteroatoms. The molecule has 1 unspecified atom stereocenters. The van der Waals surface area contributed by atoms with Crippen molar-refractivity contribution in [2.24, 2.45) is 0 Å². The first-order valence-corrected chi connectivity index (χ1v) is 12.9. The molecule has 1 atom stereocenters. The fourth-order valence-electron chi connectivity index (χ4n) is 4.23. The molecule has 8 nitrogen and oxygen atoms in total. The first kappa shape index (κ1) is 24.6. The molecule has 2 amide bonds. The molecule has 0 aliphatic carbocycles. The summed E-state index contributed by atoms with van der Waals surface area (Å²) < 4.78 is 36.7. The van der Waals surface area contributed by atoms with Gasteiger partial charge in [0.05, 0.1) is 36.5 Å². The summed E-state index contributed by atoms with van der Waals surface area (Å²) in [6.07, 6.45) is 0. The van der Waals surface area contributed by atoms with E-state index in [4.69, 9.17) is 9.47 Å². The summed E-state index contributed by atoms with van der Waals surface area (Å²) in [6.45, 7) is 3.40. The van der Waals surface area contributed by atoms with Crippen LogP contribution in [0.5, 0.6) is 11.5 Å². The first-order valence-electron chi connectivity index (χ1n) is 11.2. The van der Waals surface area contributed by atoms with Gasteiger partial charge in [0.2, 0.25) is 0 Å². The summed E-state index contributed by atoms with van der Waals surface area (Å²) in [4.78, 5) is 12.8. The Morgan fingerprint density at radius 1 is 0.971 bits per heavy atom. The van der Waals surface area contributed by atoms with Crippen molar-refractivity contribution in [2.75, 3.05) is 19.5 Å². The predicted molar refractivity (Wildman–Crippen MR) is 134 cm³/mol. The highest BCUT2D eigenvalue weighted by atomic mass is 32.2. The van der Waals surface area contributed by atoms with Crippen molar-refractivity contribution in [3.05, 3.63) is 82.9 Å². The second kappa shape index (κ2) is 10.4. The quantitative estimate of drug-likeness (QED) is 0.433. The van der Waals surface area contributed by atoms with Gasteiger partial charge < -0.3 is 25.4 Å².